The minimum Gasteiger partial charge on any atom is -0.236 e. The molecule has 0 aliphatic rings. The molecule has 0 atom stereocenters. The van der Waals surface area contributed by atoms with E-state index in [9.17, 15) is 0 Å². The highest BCUT2D eigenvalue weighted by Gasteiger charge is 2.04. The molecule has 0 unspecified atom stereocenters. The van der Waals surface area contributed by atoms with Crippen molar-refractivity contribution in [3.63, 3.8) is 0 Å². The van der Waals surface area contributed by atoms with Crippen LogP contribution in [0.4, 0.5) is 0 Å². The Balaban J connectivity index is 2.94. The molecule has 3 heteroatoms. The average Bonchev–Trinajstić information content (AvgIpc) is 2.02. The largest absolute Gasteiger partial charge is 0.236 e. The van der Waals surface area contributed by atoms with Gasteiger partial charge in [-0.25, -0.2) is 9.97 Å². The van der Waals surface area contributed by atoms with E-state index in [1.807, 2.05) is 19.9 Å². The Morgan fingerprint density at radius 3 is 2.69 bits per heavy atom. The fraction of sp³-hybridized carbons (Fsp3) is 0.200. The Hall–Kier alpha value is -1.15. The number of fused-ring (bicyclic) bond motifs is 1. The molecule has 2 nitrogen and oxygen atoms in total. The third kappa shape index (κ3) is 1.38. The maximum atomic E-state index is 5.96. The molecule has 0 bridgehead atoms. The van der Waals surface area contributed by atoms with E-state index in [4.69, 9.17) is 11.6 Å². The first-order chi connectivity index (χ1) is 6.18. The lowest BCUT2D eigenvalue weighted by Crippen LogP contribution is -1.88. The third-order valence-electron chi connectivity index (χ3n) is 2.03. The second-order valence-electron chi connectivity index (χ2n) is 3.14. The molecule has 1 aromatic carbocycles. The molecule has 0 amide bonds. The Morgan fingerprint density at radius 2 is 1.92 bits per heavy atom. The Labute approximate surface area is 81.6 Å². The van der Waals surface area contributed by atoms with Gasteiger partial charge in [0.15, 0.2) is 0 Å². The van der Waals surface area contributed by atoms with Crippen molar-refractivity contribution in [3.8, 4) is 0 Å². The van der Waals surface area contributed by atoms with Crippen LogP contribution in [0.25, 0.3) is 10.9 Å². The molecule has 1 heterocycles. The van der Waals surface area contributed by atoms with Crippen molar-refractivity contribution in [2.75, 3.05) is 0 Å². The number of aromatic nitrogens is 2. The summed E-state index contributed by atoms with van der Waals surface area (Å²) in [4.78, 5) is 8.12. The molecule has 66 valence electrons. The quantitative estimate of drug-likeness (QED) is 0.600. The molecule has 0 N–H and O–H groups in total. The fourth-order valence-corrected chi connectivity index (χ4v) is 1.81. The smallest absolute Gasteiger partial charge is 0.140 e. The summed E-state index contributed by atoms with van der Waals surface area (Å²) in [6, 6.07) is 4.09. The van der Waals surface area contributed by atoms with E-state index in [1.165, 1.54) is 11.9 Å². The highest BCUT2D eigenvalue weighted by atomic mass is 35.5. The minimum atomic E-state index is 0.530. The van der Waals surface area contributed by atoms with Crippen LogP contribution in [0.2, 0.25) is 5.15 Å². The number of hydrogen-bond acceptors (Lipinski definition) is 2. The second-order valence-corrected chi connectivity index (χ2v) is 3.50. The van der Waals surface area contributed by atoms with Crippen LogP contribution >= 0.6 is 11.6 Å². The molecule has 13 heavy (non-hydrogen) atoms. The Kier molecular flexibility index (Phi) is 1.93. The van der Waals surface area contributed by atoms with Gasteiger partial charge in [-0.2, -0.15) is 0 Å². The van der Waals surface area contributed by atoms with Crippen molar-refractivity contribution in [2.24, 2.45) is 0 Å². The highest BCUT2D eigenvalue weighted by Crippen LogP contribution is 2.23. The van der Waals surface area contributed by atoms with Gasteiger partial charge in [-0.1, -0.05) is 17.7 Å². The summed E-state index contributed by atoms with van der Waals surface area (Å²) in [5.74, 6) is 0. The molecular weight excluding hydrogens is 184 g/mol. The summed E-state index contributed by atoms with van der Waals surface area (Å²) in [5.41, 5.74) is 3.23. The summed E-state index contributed by atoms with van der Waals surface area (Å²) in [7, 11) is 0. The first kappa shape index (κ1) is 8.45. The van der Waals surface area contributed by atoms with Crippen LogP contribution in [0.3, 0.4) is 0 Å². The molecule has 2 aromatic rings. The van der Waals surface area contributed by atoms with Gasteiger partial charge in [-0.3, -0.25) is 0 Å². The monoisotopic (exact) mass is 192 g/mol. The fourth-order valence-electron chi connectivity index (χ4n) is 1.52. The highest BCUT2D eigenvalue weighted by molar-refractivity contribution is 6.34. The van der Waals surface area contributed by atoms with Crippen LogP contribution in [0, 0.1) is 13.8 Å². The maximum absolute atomic E-state index is 5.96. The van der Waals surface area contributed by atoms with Crippen LogP contribution in [0.15, 0.2) is 18.5 Å². The molecule has 2 rings (SSSR count). The van der Waals surface area contributed by atoms with Crippen molar-refractivity contribution in [2.45, 2.75) is 13.8 Å². The number of halogens is 1. The predicted molar refractivity (Wildman–Crippen MR) is 54.0 cm³/mol. The summed E-state index contributed by atoms with van der Waals surface area (Å²) < 4.78 is 0. The van der Waals surface area contributed by atoms with Crippen LogP contribution in [-0.2, 0) is 0 Å². The SMILES string of the molecule is Cc1cc(C)c2c(Cl)ncnc2c1. The first-order valence-electron chi connectivity index (χ1n) is 4.06. The minimum absolute atomic E-state index is 0.530. The third-order valence-corrected chi connectivity index (χ3v) is 2.32. The summed E-state index contributed by atoms with van der Waals surface area (Å²) in [6.07, 6.45) is 1.49. The standard InChI is InChI=1S/C10H9ClN2/c1-6-3-7(2)9-8(4-6)12-5-13-10(9)11/h3-5H,1-2H3. The van der Waals surface area contributed by atoms with E-state index in [0.29, 0.717) is 5.15 Å². The number of benzene rings is 1. The van der Waals surface area contributed by atoms with E-state index in [1.54, 1.807) is 0 Å². The second kappa shape index (κ2) is 2.96. The maximum Gasteiger partial charge on any atom is 0.140 e. The van der Waals surface area contributed by atoms with Gasteiger partial charge in [0.2, 0.25) is 0 Å². The van der Waals surface area contributed by atoms with Gasteiger partial charge < -0.3 is 0 Å². The topological polar surface area (TPSA) is 25.8 Å². The van der Waals surface area contributed by atoms with Gasteiger partial charge in [0.1, 0.15) is 11.5 Å². The lowest BCUT2D eigenvalue weighted by molar-refractivity contribution is 1.21. The van der Waals surface area contributed by atoms with Gasteiger partial charge in [0.25, 0.3) is 0 Å². The van der Waals surface area contributed by atoms with Crippen molar-refractivity contribution in [1.82, 2.24) is 9.97 Å². The molecular formula is C10H9ClN2. The van der Waals surface area contributed by atoms with Crippen molar-refractivity contribution >= 4 is 22.5 Å². The normalized spacial score (nSPS) is 10.7. The summed E-state index contributed by atoms with van der Waals surface area (Å²) >= 11 is 5.96. The van der Waals surface area contributed by atoms with E-state index in [-0.39, 0.29) is 0 Å². The molecule has 1 aromatic heterocycles. The molecule has 0 aliphatic carbocycles. The Morgan fingerprint density at radius 1 is 1.15 bits per heavy atom. The number of rotatable bonds is 0. The van der Waals surface area contributed by atoms with Gasteiger partial charge in [-0.15, -0.1) is 0 Å². The van der Waals surface area contributed by atoms with Gasteiger partial charge >= 0.3 is 0 Å². The Bertz CT molecular complexity index is 466. The van der Waals surface area contributed by atoms with Gasteiger partial charge in [0, 0.05) is 5.39 Å². The van der Waals surface area contributed by atoms with E-state index in [2.05, 4.69) is 16.0 Å². The van der Waals surface area contributed by atoms with E-state index >= 15 is 0 Å². The summed E-state index contributed by atoms with van der Waals surface area (Å²) in [6.45, 7) is 4.06. The van der Waals surface area contributed by atoms with Gasteiger partial charge in [0.05, 0.1) is 5.52 Å². The predicted octanol–water partition coefficient (Wildman–Crippen LogP) is 2.90. The first-order valence-corrected chi connectivity index (χ1v) is 4.44. The average molecular weight is 193 g/mol. The number of nitrogens with zero attached hydrogens (tertiary/aromatic N) is 2. The van der Waals surface area contributed by atoms with Crippen LogP contribution in [-0.4, -0.2) is 9.97 Å². The zero-order chi connectivity index (χ0) is 9.42. The lowest BCUT2D eigenvalue weighted by Gasteiger charge is -2.03. The van der Waals surface area contributed by atoms with Crippen molar-refractivity contribution < 1.29 is 0 Å². The van der Waals surface area contributed by atoms with Crippen LogP contribution in [0.1, 0.15) is 11.1 Å². The molecule has 0 saturated heterocycles. The number of hydrogen-bond donors (Lipinski definition) is 0. The molecule has 0 aliphatic heterocycles. The van der Waals surface area contributed by atoms with E-state index < -0.39 is 0 Å². The van der Waals surface area contributed by atoms with Crippen molar-refractivity contribution in [3.05, 3.63) is 34.7 Å². The van der Waals surface area contributed by atoms with Crippen molar-refractivity contribution in [1.29, 1.82) is 0 Å². The zero-order valence-electron chi connectivity index (χ0n) is 7.50. The molecule has 0 spiro atoms. The number of aryl methyl sites for hydroxylation is 2. The zero-order valence-corrected chi connectivity index (χ0v) is 8.26. The molecule has 0 radical (unpaired) electrons. The van der Waals surface area contributed by atoms with Crippen LogP contribution < -0.4 is 0 Å². The molecule has 0 saturated carbocycles. The van der Waals surface area contributed by atoms with Gasteiger partial charge in [-0.05, 0) is 31.0 Å². The lowest BCUT2D eigenvalue weighted by atomic mass is 10.1. The van der Waals surface area contributed by atoms with E-state index in [0.717, 1.165) is 16.5 Å². The molecule has 0 fully saturated rings. The van der Waals surface area contributed by atoms with Crippen LogP contribution in [0.5, 0.6) is 0 Å². The summed E-state index contributed by atoms with van der Waals surface area (Å²) in [5, 5.41) is 1.48.